The van der Waals surface area contributed by atoms with Crippen molar-refractivity contribution in [2.45, 2.75) is 0 Å². The largest absolute Gasteiger partial charge is 0.285 e. The van der Waals surface area contributed by atoms with Crippen LogP contribution in [-0.2, 0) is 0 Å². The van der Waals surface area contributed by atoms with E-state index in [0.717, 1.165) is 11.1 Å². The fourth-order valence-corrected chi connectivity index (χ4v) is 3.33. The molecule has 4 rings (SSSR count). The van der Waals surface area contributed by atoms with Crippen molar-refractivity contribution in [2.24, 2.45) is 0 Å². The number of benzene rings is 4. The van der Waals surface area contributed by atoms with Crippen LogP contribution >= 0.6 is 0 Å². The number of ketones is 4. The van der Waals surface area contributed by atoms with E-state index in [-0.39, 0.29) is 0 Å². The summed E-state index contributed by atoms with van der Waals surface area (Å²) >= 11 is 0. The van der Waals surface area contributed by atoms with E-state index in [1.807, 2.05) is 0 Å². The number of rotatable bonds is 7. The Hall–Kier alpha value is -4.44. The van der Waals surface area contributed by atoms with Crippen LogP contribution in [0.1, 0.15) is 41.4 Å². The van der Waals surface area contributed by atoms with Gasteiger partial charge in [0, 0.05) is 22.3 Å². The Morgan fingerprint density at radius 3 is 0.844 bits per heavy atom. The zero-order chi connectivity index (χ0) is 22.5. The number of carbonyl (C=O) groups is 4. The van der Waals surface area contributed by atoms with E-state index >= 15 is 0 Å². The summed E-state index contributed by atoms with van der Waals surface area (Å²) in [6.07, 6.45) is 0. The van der Waals surface area contributed by atoms with E-state index in [2.05, 4.69) is 0 Å². The Morgan fingerprint density at radius 1 is 0.312 bits per heavy atom. The molecule has 0 spiro atoms. The van der Waals surface area contributed by atoms with E-state index in [9.17, 15) is 19.2 Å². The lowest BCUT2D eigenvalue weighted by Crippen LogP contribution is -2.14. The van der Waals surface area contributed by atoms with Crippen LogP contribution in [0.3, 0.4) is 0 Å². The van der Waals surface area contributed by atoms with Crippen molar-refractivity contribution in [2.75, 3.05) is 0 Å². The van der Waals surface area contributed by atoms with E-state index in [0.29, 0.717) is 22.3 Å². The lowest BCUT2D eigenvalue weighted by atomic mass is 9.96. The van der Waals surface area contributed by atoms with Crippen LogP contribution in [0.15, 0.2) is 109 Å². The van der Waals surface area contributed by atoms with Gasteiger partial charge in [0.1, 0.15) is 0 Å². The standard InChI is InChI=1S/C28H18O4/c29-25(21-7-3-1-4-8-21)27(31)23-15-11-19(12-16-23)20-13-17-24(18-14-20)28(32)26(30)22-9-5-2-6-10-22/h1-18H. The first-order chi connectivity index (χ1) is 15.5. The topological polar surface area (TPSA) is 68.3 Å². The Balaban J connectivity index is 1.49. The fraction of sp³-hybridized carbons (Fsp3) is 0. The molecule has 0 fully saturated rings. The zero-order valence-corrected chi connectivity index (χ0v) is 17.0. The third-order valence-electron chi connectivity index (χ3n) is 5.11. The lowest BCUT2D eigenvalue weighted by molar-refractivity contribution is 0.0817. The fourth-order valence-electron chi connectivity index (χ4n) is 3.33. The Bertz CT molecular complexity index is 1180. The van der Waals surface area contributed by atoms with Crippen molar-refractivity contribution in [1.29, 1.82) is 0 Å². The highest BCUT2D eigenvalue weighted by Crippen LogP contribution is 2.22. The molecule has 0 saturated carbocycles. The molecule has 32 heavy (non-hydrogen) atoms. The van der Waals surface area contributed by atoms with Gasteiger partial charge in [-0.1, -0.05) is 109 Å². The van der Waals surface area contributed by atoms with Crippen molar-refractivity contribution >= 4 is 23.1 Å². The molecule has 4 aromatic rings. The third kappa shape index (κ3) is 4.35. The molecule has 154 valence electrons. The van der Waals surface area contributed by atoms with Gasteiger partial charge < -0.3 is 0 Å². The van der Waals surface area contributed by atoms with Crippen molar-refractivity contribution in [3.8, 4) is 11.1 Å². The number of Topliss-reactive ketones (excluding diaryl/α,β-unsaturated/α-hetero) is 4. The number of carbonyl (C=O) groups excluding carboxylic acids is 4. The van der Waals surface area contributed by atoms with E-state index in [4.69, 9.17) is 0 Å². The predicted octanol–water partition coefficient (Wildman–Crippen LogP) is 5.48. The minimum Gasteiger partial charge on any atom is -0.285 e. The Kier molecular flexibility index (Phi) is 5.95. The maximum absolute atomic E-state index is 12.5. The van der Waals surface area contributed by atoms with Crippen molar-refractivity contribution in [3.63, 3.8) is 0 Å². The van der Waals surface area contributed by atoms with Gasteiger partial charge in [0.15, 0.2) is 0 Å². The second kappa shape index (κ2) is 9.14. The van der Waals surface area contributed by atoms with Crippen LogP contribution in [0.5, 0.6) is 0 Å². The molecule has 0 aliphatic rings. The molecule has 0 aliphatic carbocycles. The summed E-state index contributed by atoms with van der Waals surface area (Å²) in [5.41, 5.74) is 2.97. The van der Waals surface area contributed by atoms with E-state index < -0.39 is 23.1 Å². The molecule has 4 aromatic carbocycles. The minimum absolute atomic E-state index is 0.308. The molecule has 0 radical (unpaired) electrons. The molecule has 0 N–H and O–H groups in total. The van der Waals surface area contributed by atoms with Gasteiger partial charge >= 0.3 is 0 Å². The molecule has 0 saturated heterocycles. The number of hydrogen-bond donors (Lipinski definition) is 0. The molecular weight excluding hydrogens is 400 g/mol. The molecule has 0 unspecified atom stereocenters. The average Bonchev–Trinajstić information content (AvgIpc) is 2.88. The molecular formula is C28H18O4. The summed E-state index contributed by atoms with van der Waals surface area (Å²) in [6.45, 7) is 0. The van der Waals surface area contributed by atoms with Gasteiger partial charge in [0.2, 0.25) is 23.1 Å². The van der Waals surface area contributed by atoms with Crippen LogP contribution < -0.4 is 0 Å². The molecule has 4 heteroatoms. The van der Waals surface area contributed by atoms with Crippen molar-refractivity contribution < 1.29 is 19.2 Å². The average molecular weight is 418 g/mol. The second-order valence-electron chi connectivity index (χ2n) is 7.20. The van der Waals surface area contributed by atoms with Crippen LogP contribution in [-0.4, -0.2) is 23.1 Å². The minimum atomic E-state index is -0.567. The van der Waals surface area contributed by atoms with Gasteiger partial charge in [0.05, 0.1) is 0 Å². The van der Waals surface area contributed by atoms with Gasteiger partial charge in [-0.05, 0) is 11.1 Å². The Labute approximate surface area is 185 Å². The van der Waals surface area contributed by atoms with Gasteiger partial charge in [-0.2, -0.15) is 0 Å². The zero-order valence-electron chi connectivity index (χ0n) is 17.0. The summed E-state index contributed by atoms with van der Waals surface area (Å²) in [5, 5.41) is 0. The normalized spacial score (nSPS) is 10.4. The van der Waals surface area contributed by atoms with Crippen molar-refractivity contribution in [1.82, 2.24) is 0 Å². The maximum Gasteiger partial charge on any atom is 0.233 e. The molecule has 0 heterocycles. The monoisotopic (exact) mass is 418 g/mol. The first-order valence-electron chi connectivity index (χ1n) is 10.0. The van der Waals surface area contributed by atoms with Crippen LogP contribution in [0.25, 0.3) is 11.1 Å². The molecule has 0 aromatic heterocycles. The van der Waals surface area contributed by atoms with Crippen molar-refractivity contribution in [3.05, 3.63) is 131 Å². The second-order valence-corrected chi connectivity index (χ2v) is 7.20. The first-order valence-corrected chi connectivity index (χ1v) is 10.0. The van der Waals surface area contributed by atoms with Gasteiger partial charge in [-0.15, -0.1) is 0 Å². The smallest absolute Gasteiger partial charge is 0.233 e. The highest BCUT2D eigenvalue weighted by Gasteiger charge is 2.19. The Morgan fingerprint density at radius 2 is 0.562 bits per heavy atom. The van der Waals surface area contributed by atoms with Gasteiger partial charge in [-0.3, -0.25) is 19.2 Å². The van der Waals surface area contributed by atoms with Crippen LogP contribution in [0, 0.1) is 0 Å². The summed E-state index contributed by atoms with van der Waals surface area (Å²) < 4.78 is 0. The molecule has 0 amide bonds. The highest BCUT2D eigenvalue weighted by molar-refractivity contribution is 6.49. The molecule has 0 aliphatic heterocycles. The van der Waals surface area contributed by atoms with E-state index in [1.165, 1.54) is 0 Å². The SMILES string of the molecule is O=C(C(=O)c1ccc(-c2ccc(C(=O)C(=O)c3ccccc3)cc2)cc1)c1ccccc1. The highest BCUT2D eigenvalue weighted by atomic mass is 16.2. The summed E-state index contributed by atoms with van der Waals surface area (Å²) in [6, 6.07) is 30.3. The molecule has 0 bridgehead atoms. The summed E-state index contributed by atoms with van der Waals surface area (Å²) in [7, 11) is 0. The maximum atomic E-state index is 12.5. The molecule has 4 nitrogen and oxygen atoms in total. The third-order valence-corrected chi connectivity index (χ3v) is 5.11. The number of hydrogen-bond acceptors (Lipinski definition) is 4. The summed E-state index contributed by atoms with van der Waals surface area (Å²) in [4.78, 5) is 49.6. The quantitative estimate of drug-likeness (QED) is 0.294. The summed E-state index contributed by atoms with van der Waals surface area (Å²) in [5.74, 6) is -2.24. The van der Waals surface area contributed by atoms with Gasteiger partial charge in [-0.25, -0.2) is 0 Å². The van der Waals surface area contributed by atoms with Crippen LogP contribution in [0.4, 0.5) is 0 Å². The first kappa shape index (κ1) is 20.8. The molecule has 0 atom stereocenters. The lowest BCUT2D eigenvalue weighted by Gasteiger charge is -2.06. The van der Waals surface area contributed by atoms with Crippen LogP contribution in [0.2, 0.25) is 0 Å². The van der Waals surface area contributed by atoms with E-state index in [1.54, 1.807) is 109 Å². The van der Waals surface area contributed by atoms with Gasteiger partial charge in [0.25, 0.3) is 0 Å². The predicted molar refractivity (Wildman–Crippen MR) is 122 cm³/mol.